The van der Waals surface area contributed by atoms with Gasteiger partial charge in [0.05, 0.1) is 17.5 Å². The zero-order valence-corrected chi connectivity index (χ0v) is 19.9. The van der Waals surface area contributed by atoms with Gasteiger partial charge < -0.3 is 9.84 Å². The Balaban J connectivity index is 1.38. The van der Waals surface area contributed by atoms with Gasteiger partial charge in [-0.2, -0.15) is 10.2 Å². The van der Waals surface area contributed by atoms with Gasteiger partial charge in [0.2, 0.25) is 0 Å². The molecule has 0 saturated carbocycles. The summed E-state index contributed by atoms with van der Waals surface area (Å²) in [5, 5.41) is 18.8. The Kier molecular flexibility index (Phi) is 7.04. The molecule has 1 aromatic heterocycles. The lowest BCUT2D eigenvalue weighted by molar-refractivity contribution is 0.0952. The summed E-state index contributed by atoms with van der Waals surface area (Å²) in [5.41, 5.74) is 6.88. The van der Waals surface area contributed by atoms with Crippen molar-refractivity contribution in [1.29, 1.82) is 0 Å². The zero-order valence-electron chi connectivity index (χ0n) is 19.9. The summed E-state index contributed by atoms with van der Waals surface area (Å²) in [4.78, 5) is 12.4. The quantitative estimate of drug-likeness (QED) is 0.220. The number of hydrogen-bond acceptors (Lipinski definition) is 5. The van der Waals surface area contributed by atoms with Gasteiger partial charge in [-0.1, -0.05) is 60.7 Å². The van der Waals surface area contributed by atoms with Crippen LogP contribution >= 0.6 is 0 Å². The van der Waals surface area contributed by atoms with E-state index in [1.54, 1.807) is 23.0 Å². The molecule has 4 aromatic carbocycles. The number of nitrogens with zero attached hydrogens (tertiary/aromatic N) is 3. The van der Waals surface area contributed by atoms with Crippen molar-refractivity contribution in [3.8, 4) is 28.4 Å². The first kappa shape index (κ1) is 23.6. The summed E-state index contributed by atoms with van der Waals surface area (Å²) < 4.78 is 7.68. The average molecular weight is 489 g/mol. The van der Waals surface area contributed by atoms with Crippen LogP contribution in [0.4, 0.5) is 0 Å². The number of phenolic OH excluding ortho intramolecular Hbond substituents is 1. The first-order valence-corrected chi connectivity index (χ1v) is 11.7. The predicted molar refractivity (Wildman–Crippen MR) is 143 cm³/mol. The number of aromatic hydroxyl groups is 1. The van der Waals surface area contributed by atoms with Gasteiger partial charge >= 0.3 is 0 Å². The SMILES string of the molecule is O=C(N/N=C/c1cn(-c2ccccc2)nc1-c1ccc(OCc2ccccc2)cc1)c1ccccc1O. The van der Waals surface area contributed by atoms with Crippen molar-refractivity contribution in [3.05, 3.63) is 132 Å². The average Bonchev–Trinajstić information content (AvgIpc) is 3.37. The molecule has 0 saturated heterocycles. The molecule has 0 unspecified atom stereocenters. The molecule has 1 amide bonds. The Bertz CT molecular complexity index is 1510. The van der Waals surface area contributed by atoms with Crippen LogP contribution in [0.3, 0.4) is 0 Å². The topological polar surface area (TPSA) is 88.7 Å². The van der Waals surface area contributed by atoms with Gasteiger partial charge in [0.1, 0.15) is 23.8 Å². The van der Waals surface area contributed by atoms with Crippen LogP contribution < -0.4 is 10.2 Å². The molecule has 0 aliphatic carbocycles. The minimum Gasteiger partial charge on any atom is -0.507 e. The van der Waals surface area contributed by atoms with Crippen LogP contribution in [0.25, 0.3) is 16.9 Å². The molecule has 7 nitrogen and oxygen atoms in total. The van der Waals surface area contributed by atoms with Gasteiger partial charge in [0.15, 0.2) is 0 Å². The van der Waals surface area contributed by atoms with E-state index in [1.165, 1.54) is 12.1 Å². The number of rotatable bonds is 8. The molecule has 5 rings (SSSR count). The molecule has 0 aliphatic heterocycles. The monoisotopic (exact) mass is 488 g/mol. The van der Waals surface area contributed by atoms with E-state index in [9.17, 15) is 9.90 Å². The van der Waals surface area contributed by atoms with E-state index in [2.05, 4.69) is 10.5 Å². The summed E-state index contributed by atoms with van der Waals surface area (Å²) in [6.07, 6.45) is 3.39. The molecule has 0 aliphatic rings. The summed E-state index contributed by atoms with van der Waals surface area (Å²) >= 11 is 0. The van der Waals surface area contributed by atoms with Gasteiger partial charge in [-0.05, 0) is 54.1 Å². The largest absolute Gasteiger partial charge is 0.507 e. The van der Waals surface area contributed by atoms with Crippen molar-refractivity contribution in [2.24, 2.45) is 5.10 Å². The third-order valence-corrected chi connectivity index (χ3v) is 5.66. The summed E-state index contributed by atoms with van der Waals surface area (Å²) in [6, 6.07) is 33.7. The minimum absolute atomic E-state index is 0.109. The molecule has 7 heteroatoms. The molecule has 182 valence electrons. The maximum Gasteiger partial charge on any atom is 0.275 e. The fourth-order valence-electron chi connectivity index (χ4n) is 3.76. The number of para-hydroxylation sites is 2. The molecule has 0 bridgehead atoms. The molecular formula is C30H24N4O3. The first-order valence-electron chi connectivity index (χ1n) is 11.7. The summed E-state index contributed by atoms with van der Waals surface area (Å²) in [5.74, 6) is 0.133. The first-order chi connectivity index (χ1) is 18.2. The number of carbonyl (C=O) groups is 1. The Morgan fingerprint density at radius 3 is 2.30 bits per heavy atom. The van der Waals surface area contributed by atoms with Crippen molar-refractivity contribution in [2.75, 3.05) is 0 Å². The molecule has 0 radical (unpaired) electrons. The number of amides is 1. The number of aromatic nitrogens is 2. The molecular weight excluding hydrogens is 464 g/mol. The van der Waals surface area contributed by atoms with Crippen LogP contribution in [0, 0.1) is 0 Å². The molecule has 0 atom stereocenters. The van der Waals surface area contributed by atoms with Crippen molar-refractivity contribution in [3.63, 3.8) is 0 Å². The van der Waals surface area contributed by atoms with E-state index < -0.39 is 5.91 Å². The van der Waals surface area contributed by atoms with Crippen LogP contribution in [0.1, 0.15) is 21.5 Å². The van der Waals surface area contributed by atoms with Crippen LogP contribution in [-0.4, -0.2) is 27.0 Å². The van der Waals surface area contributed by atoms with Crippen LogP contribution in [0.15, 0.2) is 120 Å². The lowest BCUT2D eigenvalue weighted by Gasteiger charge is -2.07. The van der Waals surface area contributed by atoms with Gasteiger partial charge in [-0.15, -0.1) is 0 Å². The summed E-state index contributed by atoms with van der Waals surface area (Å²) in [7, 11) is 0. The van der Waals surface area contributed by atoms with E-state index in [0.29, 0.717) is 17.9 Å². The van der Waals surface area contributed by atoms with Crippen molar-refractivity contribution >= 4 is 12.1 Å². The van der Waals surface area contributed by atoms with Crippen LogP contribution in [0.5, 0.6) is 11.5 Å². The number of hydrogen-bond donors (Lipinski definition) is 2. The highest BCUT2D eigenvalue weighted by Gasteiger charge is 2.13. The normalized spacial score (nSPS) is 10.9. The molecule has 0 fully saturated rings. The van der Waals surface area contributed by atoms with E-state index in [0.717, 1.165) is 22.6 Å². The standard InChI is InChI=1S/C30H24N4O3/c35-28-14-8-7-13-27(28)30(36)32-31-19-24-20-34(25-11-5-2-6-12-25)33-29(24)23-15-17-26(18-16-23)37-21-22-9-3-1-4-10-22/h1-20,35H,21H2,(H,32,36)/b31-19+. The summed E-state index contributed by atoms with van der Waals surface area (Å²) in [6.45, 7) is 0.484. The Hall–Kier alpha value is -5.17. The van der Waals surface area contributed by atoms with Crippen molar-refractivity contribution < 1.29 is 14.6 Å². The Morgan fingerprint density at radius 1 is 0.892 bits per heavy atom. The van der Waals surface area contributed by atoms with E-state index in [1.807, 2.05) is 91.1 Å². The van der Waals surface area contributed by atoms with Gasteiger partial charge in [-0.3, -0.25) is 4.79 Å². The van der Waals surface area contributed by atoms with Gasteiger partial charge in [0.25, 0.3) is 5.91 Å². The highest BCUT2D eigenvalue weighted by atomic mass is 16.5. The second-order valence-electron chi connectivity index (χ2n) is 8.23. The number of benzene rings is 4. The lowest BCUT2D eigenvalue weighted by Crippen LogP contribution is -2.17. The highest BCUT2D eigenvalue weighted by molar-refractivity contribution is 5.97. The number of carbonyl (C=O) groups excluding carboxylic acids is 1. The smallest absolute Gasteiger partial charge is 0.275 e. The van der Waals surface area contributed by atoms with E-state index in [4.69, 9.17) is 9.84 Å². The molecule has 37 heavy (non-hydrogen) atoms. The fraction of sp³-hybridized carbons (Fsp3) is 0.0333. The molecule has 0 spiro atoms. The number of nitrogens with one attached hydrogen (secondary N) is 1. The van der Waals surface area contributed by atoms with Gasteiger partial charge in [-0.25, -0.2) is 10.1 Å². The minimum atomic E-state index is -0.508. The Morgan fingerprint density at radius 2 is 1.57 bits per heavy atom. The third kappa shape index (κ3) is 5.74. The number of ether oxygens (including phenoxy) is 1. The van der Waals surface area contributed by atoms with Crippen LogP contribution in [-0.2, 0) is 6.61 Å². The molecule has 1 heterocycles. The predicted octanol–water partition coefficient (Wildman–Crippen LogP) is 5.59. The zero-order chi connectivity index (χ0) is 25.5. The van der Waals surface area contributed by atoms with Crippen molar-refractivity contribution in [2.45, 2.75) is 6.61 Å². The number of hydrazone groups is 1. The lowest BCUT2D eigenvalue weighted by atomic mass is 10.1. The maximum absolute atomic E-state index is 12.4. The number of phenols is 1. The van der Waals surface area contributed by atoms with E-state index in [-0.39, 0.29) is 11.3 Å². The highest BCUT2D eigenvalue weighted by Crippen LogP contribution is 2.25. The Labute approximate surface area is 214 Å². The second kappa shape index (κ2) is 11.0. The van der Waals surface area contributed by atoms with Crippen molar-refractivity contribution in [1.82, 2.24) is 15.2 Å². The molecule has 2 N–H and O–H groups in total. The van der Waals surface area contributed by atoms with E-state index >= 15 is 0 Å². The molecule has 5 aromatic rings. The van der Waals surface area contributed by atoms with Gasteiger partial charge in [0, 0.05) is 17.3 Å². The maximum atomic E-state index is 12.4. The third-order valence-electron chi connectivity index (χ3n) is 5.66. The fourth-order valence-corrected chi connectivity index (χ4v) is 3.76. The van der Waals surface area contributed by atoms with Crippen LogP contribution in [0.2, 0.25) is 0 Å². The second-order valence-corrected chi connectivity index (χ2v) is 8.23.